The quantitative estimate of drug-likeness (QED) is 0.837. The lowest BCUT2D eigenvalue weighted by atomic mass is 10.2. The highest BCUT2D eigenvalue weighted by molar-refractivity contribution is 9.10. The van der Waals surface area contributed by atoms with Gasteiger partial charge in [-0.1, -0.05) is 22.0 Å². The van der Waals surface area contributed by atoms with Crippen molar-refractivity contribution in [2.75, 3.05) is 31.5 Å². The SMILES string of the molecule is Cc1nc(CN2CCN(C(=O)Nc3ccc(C)c(Br)c3)CC2)cs1. The molecule has 5 nitrogen and oxygen atoms in total. The van der Waals surface area contributed by atoms with Crippen LogP contribution in [0.3, 0.4) is 0 Å². The lowest BCUT2D eigenvalue weighted by Gasteiger charge is -2.34. The number of hydrogen-bond donors (Lipinski definition) is 1. The molecule has 0 bridgehead atoms. The van der Waals surface area contributed by atoms with Crippen LogP contribution in [0, 0.1) is 13.8 Å². The van der Waals surface area contributed by atoms with Crippen LogP contribution in [0.25, 0.3) is 0 Å². The van der Waals surface area contributed by atoms with Crippen molar-refractivity contribution in [3.63, 3.8) is 0 Å². The number of rotatable bonds is 3. The molecule has 0 unspecified atom stereocenters. The van der Waals surface area contributed by atoms with Gasteiger partial charge < -0.3 is 10.2 Å². The standard InChI is InChI=1S/C17H21BrN4OS/c1-12-3-4-14(9-16(12)18)20-17(23)22-7-5-21(6-8-22)10-15-11-24-13(2)19-15/h3-4,9,11H,5-8,10H2,1-2H3,(H,20,23). The Morgan fingerprint density at radius 3 is 2.67 bits per heavy atom. The number of piperazine rings is 1. The normalized spacial score (nSPS) is 15.5. The molecule has 7 heteroatoms. The highest BCUT2D eigenvalue weighted by Gasteiger charge is 2.21. The molecular formula is C17H21BrN4OS. The number of anilines is 1. The smallest absolute Gasteiger partial charge is 0.321 e. The lowest BCUT2D eigenvalue weighted by molar-refractivity contribution is 0.142. The van der Waals surface area contributed by atoms with Crippen LogP contribution in [0.15, 0.2) is 28.1 Å². The van der Waals surface area contributed by atoms with Crippen LogP contribution >= 0.6 is 27.3 Å². The summed E-state index contributed by atoms with van der Waals surface area (Å²) < 4.78 is 1.00. The minimum absolute atomic E-state index is 0.0325. The molecular weight excluding hydrogens is 388 g/mol. The second kappa shape index (κ2) is 7.63. The van der Waals surface area contributed by atoms with Crippen LogP contribution in [0.2, 0.25) is 0 Å². The van der Waals surface area contributed by atoms with Gasteiger partial charge in [0.2, 0.25) is 0 Å². The van der Waals surface area contributed by atoms with E-state index < -0.39 is 0 Å². The third kappa shape index (κ3) is 4.34. The monoisotopic (exact) mass is 408 g/mol. The first-order valence-corrected chi connectivity index (χ1v) is 9.64. The van der Waals surface area contributed by atoms with E-state index in [2.05, 4.69) is 36.5 Å². The number of thiazole rings is 1. The zero-order valence-electron chi connectivity index (χ0n) is 13.9. The van der Waals surface area contributed by atoms with Crippen molar-refractivity contribution in [1.29, 1.82) is 0 Å². The molecule has 1 aromatic carbocycles. The van der Waals surface area contributed by atoms with Crippen molar-refractivity contribution in [3.8, 4) is 0 Å². The molecule has 2 heterocycles. The minimum atomic E-state index is -0.0325. The fourth-order valence-electron chi connectivity index (χ4n) is 2.69. The summed E-state index contributed by atoms with van der Waals surface area (Å²) in [6.07, 6.45) is 0. The Labute approximate surface area is 154 Å². The van der Waals surface area contributed by atoms with E-state index in [4.69, 9.17) is 0 Å². The maximum absolute atomic E-state index is 12.4. The van der Waals surface area contributed by atoms with Crippen LogP contribution in [0.1, 0.15) is 16.3 Å². The van der Waals surface area contributed by atoms with Gasteiger partial charge in [-0.3, -0.25) is 4.90 Å². The largest absolute Gasteiger partial charge is 0.322 e. The van der Waals surface area contributed by atoms with Crippen molar-refractivity contribution in [1.82, 2.24) is 14.8 Å². The van der Waals surface area contributed by atoms with E-state index in [9.17, 15) is 4.79 Å². The number of aryl methyl sites for hydroxylation is 2. The van der Waals surface area contributed by atoms with E-state index in [0.29, 0.717) is 0 Å². The van der Waals surface area contributed by atoms with Crippen molar-refractivity contribution in [2.45, 2.75) is 20.4 Å². The zero-order valence-corrected chi connectivity index (χ0v) is 16.3. The molecule has 0 spiro atoms. The first-order valence-electron chi connectivity index (χ1n) is 7.97. The molecule has 2 aromatic rings. The molecule has 0 atom stereocenters. The summed E-state index contributed by atoms with van der Waals surface area (Å²) in [6.45, 7) is 8.15. The maximum Gasteiger partial charge on any atom is 0.321 e. The van der Waals surface area contributed by atoms with E-state index in [0.717, 1.165) is 59.1 Å². The predicted molar refractivity (Wildman–Crippen MR) is 102 cm³/mol. The number of aromatic nitrogens is 1. The van der Waals surface area contributed by atoms with Crippen molar-refractivity contribution >= 4 is 39.0 Å². The van der Waals surface area contributed by atoms with Gasteiger partial charge in [-0.2, -0.15) is 0 Å². The maximum atomic E-state index is 12.4. The lowest BCUT2D eigenvalue weighted by Crippen LogP contribution is -2.49. The fraction of sp³-hybridized carbons (Fsp3) is 0.412. The second-order valence-corrected chi connectivity index (χ2v) is 7.93. The summed E-state index contributed by atoms with van der Waals surface area (Å²) >= 11 is 5.18. The predicted octanol–water partition coefficient (Wildman–Crippen LogP) is 3.87. The van der Waals surface area contributed by atoms with Crippen molar-refractivity contribution in [2.24, 2.45) is 0 Å². The highest BCUT2D eigenvalue weighted by atomic mass is 79.9. The molecule has 0 radical (unpaired) electrons. The first-order chi connectivity index (χ1) is 11.5. The third-order valence-electron chi connectivity index (χ3n) is 4.13. The molecule has 1 saturated heterocycles. The van der Waals surface area contributed by atoms with E-state index in [1.807, 2.05) is 36.9 Å². The Morgan fingerprint density at radius 2 is 2.04 bits per heavy atom. The Morgan fingerprint density at radius 1 is 1.29 bits per heavy atom. The number of hydrogen-bond acceptors (Lipinski definition) is 4. The number of amides is 2. The number of urea groups is 1. The van der Waals surface area contributed by atoms with E-state index in [1.54, 1.807) is 11.3 Å². The molecule has 128 valence electrons. The Kier molecular flexibility index (Phi) is 5.53. The molecule has 0 saturated carbocycles. The molecule has 3 rings (SSSR count). The van der Waals surface area contributed by atoms with Gasteiger partial charge in [0.05, 0.1) is 10.7 Å². The number of carbonyl (C=O) groups excluding carboxylic acids is 1. The summed E-state index contributed by atoms with van der Waals surface area (Å²) in [5.41, 5.74) is 3.09. The van der Waals surface area contributed by atoms with E-state index >= 15 is 0 Å². The molecule has 1 fully saturated rings. The summed E-state index contributed by atoms with van der Waals surface area (Å²) in [5, 5.41) is 6.19. The van der Waals surface area contributed by atoms with Crippen LogP contribution < -0.4 is 5.32 Å². The second-order valence-electron chi connectivity index (χ2n) is 6.02. The molecule has 2 amide bonds. The van der Waals surface area contributed by atoms with Gasteiger partial charge in [-0.25, -0.2) is 9.78 Å². The molecule has 1 aromatic heterocycles. The van der Waals surface area contributed by atoms with Crippen LogP contribution in [-0.2, 0) is 6.54 Å². The summed E-state index contributed by atoms with van der Waals surface area (Å²) in [4.78, 5) is 21.1. The fourth-order valence-corrected chi connectivity index (χ4v) is 3.67. The molecule has 24 heavy (non-hydrogen) atoms. The van der Waals surface area contributed by atoms with Crippen LogP contribution in [0.4, 0.5) is 10.5 Å². The van der Waals surface area contributed by atoms with Gasteiger partial charge in [-0.05, 0) is 31.5 Å². The molecule has 1 aliphatic rings. The number of nitrogens with one attached hydrogen (secondary N) is 1. The number of nitrogens with zero attached hydrogens (tertiary/aromatic N) is 3. The molecule has 1 aliphatic heterocycles. The zero-order chi connectivity index (χ0) is 17.1. The Hall–Kier alpha value is -1.44. The van der Waals surface area contributed by atoms with E-state index in [-0.39, 0.29) is 6.03 Å². The van der Waals surface area contributed by atoms with Crippen molar-refractivity contribution < 1.29 is 4.79 Å². The summed E-state index contributed by atoms with van der Waals surface area (Å²) in [7, 11) is 0. The van der Waals surface area contributed by atoms with Gasteiger partial charge in [-0.15, -0.1) is 11.3 Å². The average molecular weight is 409 g/mol. The third-order valence-corrected chi connectivity index (χ3v) is 5.81. The van der Waals surface area contributed by atoms with Crippen molar-refractivity contribution in [3.05, 3.63) is 44.3 Å². The summed E-state index contributed by atoms with van der Waals surface area (Å²) in [6, 6.07) is 5.83. The minimum Gasteiger partial charge on any atom is -0.322 e. The van der Waals surface area contributed by atoms with Gasteiger partial charge in [0.15, 0.2) is 0 Å². The molecule has 1 N–H and O–H groups in total. The van der Waals surface area contributed by atoms with Crippen LogP contribution in [-0.4, -0.2) is 47.0 Å². The Bertz CT molecular complexity index is 725. The van der Waals surface area contributed by atoms with Crippen LogP contribution in [0.5, 0.6) is 0 Å². The van der Waals surface area contributed by atoms with Gasteiger partial charge in [0.1, 0.15) is 0 Å². The number of halogens is 1. The Balaban J connectivity index is 1.50. The van der Waals surface area contributed by atoms with Gasteiger partial charge in [0, 0.05) is 48.3 Å². The van der Waals surface area contributed by atoms with E-state index in [1.165, 1.54) is 0 Å². The number of benzene rings is 1. The van der Waals surface area contributed by atoms with Gasteiger partial charge >= 0.3 is 6.03 Å². The van der Waals surface area contributed by atoms with Gasteiger partial charge in [0.25, 0.3) is 0 Å². The average Bonchev–Trinajstić information content (AvgIpc) is 2.96. The molecule has 0 aliphatic carbocycles. The summed E-state index contributed by atoms with van der Waals surface area (Å²) in [5.74, 6) is 0. The first kappa shape index (κ1) is 17.4. The topological polar surface area (TPSA) is 48.5 Å². The highest BCUT2D eigenvalue weighted by Crippen LogP contribution is 2.21. The number of carbonyl (C=O) groups is 1.